The van der Waals surface area contributed by atoms with E-state index in [1.807, 2.05) is 0 Å². The van der Waals surface area contributed by atoms with Crippen molar-refractivity contribution >= 4 is 5.97 Å². The number of pyridine rings is 1. The standard InChI is InChI=1S/C8H5F4NO2/c9-7-4(8(10,11)12)1-2-13-5(7)3-6(14)15/h1-2H,3H2,(H,14,15). The van der Waals surface area contributed by atoms with Crippen LogP contribution in [0.5, 0.6) is 0 Å². The van der Waals surface area contributed by atoms with Gasteiger partial charge in [0.15, 0.2) is 5.82 Å². The second kappa shape index (κ2) is 3.84. The molecule has 0 bridgehead atoms. The van der Waals surface area contributed by atoms with Gasteiger partial charge >= 0.3 is 12.1 Å². The molecule has 0 amide bonds. The Morgan fingerprint density at radius 1 is 1.47 bits per heavy atom. The van der Waals surface area contributed by atoms with E-state index in [0.717, 1.165) is 6.20 Å². The molecular weight excluding hydrogens is 218 g/mol. The van der Waals surface area contributed by atoms with Crippen LogP contribution >= 0.6 is 0 Å². The zero-order chi connectivity index (χ0) is 11.6. The van der Waals surface area contributed by atoms with E-state index in [1.54, 1.807) is 0 Å². The van der Waals surface area contributed by atoms with Crippen LogP contribution in [0.3, 0.4) is 0 Å². The molecule has 0 aliphatic rings. The zero-order valence-electron chi connectivity index (χ0n) is 7.18. The van der Waals surface area contributed by atoms with Crippen molar-refractivity contribution < 1.29 is 27.5 Å². The number of hydrogen-bond donors (Lipinski definition) is 1. The monoisotopic (exact) mass is 223 g/mol. The van der Waals surface area contributed by atoms with Crippen LogP contribution in [0.4, 0.5) is 17.6 Å². The summed E-state index contributed by atoms with van der Waals surface area (Å²) >= 11 is 0. The smallest absolute Gasteiger partial charge is 0.419 e. The summed E-state index contributed by atoms with van der Waals surface area (Å²) in [6.07, 6.45) is -5.00. The van der Waals surface area contributed by atoms with Crippen LogP contribution in [0.15, 0.2) is 12.3 Å². The number of rotatable bonds is 2. The van der Waals surface area contributed by atoms with E-state index in [0.29, 0.717) is 6.07 Å². The Kier molecular flexibility index (Phi) is 2.92. The maximum Gasteiger partial charge on any atom is 0.419 e. The minimum absolute atomic E-state index is 0.459. The van der Waals surface area contributed by atoms with Crippen molar-refractivity contribution in [3.63, 3.8) is 0 Å². The molecule has 3 nitrogen and oxygen atoms in total. The second-order valence-electron chi connectivity index (χ2n) is 2.69. The highest BCUT2D eigenvalue weighted by molar-refractivity contribution is 5.69. The summed E-state index contributed by atoms with van der Waals surface area (Å²) < 4.78 is 49.5. The van der Waals surface area contributed by atoms with Gasteiger partial charge in [-0.3, -0.25) is 9.78 Å². The average molecular weight is 223 g/mol. The Bertz CT molecular complexity index is 389. The highest BCUT2D eigenvalue weighted by atomic mass is 19.4. The molecule has 0 fully saturated rings. The number of nitrogens with zero attached hydrogens (tertiary/aromatic N) is 1. The lowest BCUT2D eigenvalue weighted by molar-refractivity contribution is -0.141. The molecule has 1 N–H and O–H groups in total. The number of carboxylic acids is 1. The maximum atomic E-state index is 13.1. The van der Waals surface area contributed by atoms with Crippen LogP contribution in [0.2, 0.25) is 0 Å². The van der Waals surface area contributed by atoms with Gasteiger partial charge in [0.1, 0.15) is 0 Å². The first-order valence-corrected chi connectivity index (χ1v) is 3.74. The molecule has 0 aliphatic heterocycles. The van der Waals surface area contributed by atoms with E-state index in [-0.39, 0.29) is 0 Å². The predicted octanol–water partition coefficient (Wildman–Crippen LogP) is 1.87. The minimum Gasteiger partial charge on any atom is -0.481 e. The van der Waals surface area contributed by atoms with Gasteiger partial charge < -0.3 is 5.11 Å². The highest BCUT2D eigenvalue weighted by Crippen LogP contribution is 2.31. The minimum atomic E-state index is -4.85. The van der Waals surface area contributed by atoms with E-state index in [4.69, 9.17) is 5.11 Å². The fraction of sp³-hybridized carbons (Fsp3) is 0.250. The second-order valence-corrected chi connectivity index (χ2v) is 2.69. The van der Waals surface area contributed by atoms with Crippen molar-refractivity contribution in [2.45, 2.75) is 12.6 Å². The first-order chi connectivity index (χ1) is 6.82. The van der Waals surface area contributed by atoms with Gasteiger partial charge in [0.05, 0.1) is 17.7 Å². The number of aliphatic carboxylic acids is 1. The van der Waals surface area contributed by atoms with Crippen LogP contribution in [0.1, 0.15) is 11.3 Å². The fourth-order valence-corrected chi connectivity index (χ4v) is 0.972. The quantitative estimate of drug-likeness (QED) is 0.778. The Balaban J connectivity index is 3.17. The summed E-state index contributed by atoms with van der Waals surface area (Å²) in [6.45, 7) is 0. The topological polar surface area (TPSA) is 50.2 Å². The summed E-state index contributed by atoms with van der Waals surface area (Å²) in [5, 5.41) is 8.30. The third-order valence-electron chi connectivity index (χ3n) is 1.59. The van der Waals surface area contributed by atoms with Crippen molar-refractivity contribution in [1.29, 1.82) is 0 Å². The van der Waals surface area contributed by atoms with Crippen LogP contribution in [0, 0.1) is 5.82 Å². The van der Waals surface area contributed by atoms with Gasteiger partial charge in [0.25, 0.3) is 0 Å². The molecule has 1 aromatic heterocycles. The summed E-state index contributed by atoms with van der Waals surface area (Å²) in [6, 6.07) is 0.459. The molecule has 0 radical (unpaired) electrons. The third kappa shape index (κ3) is 2.64. The Labute approximate surface area is 81.4 Å². The van der Waals surface area contributed by atoms with Crippen molar-refractivity contribution in [3.05, 3.63) is 29.3 Å². The molecule has 7 heteroatoms. The van der Waals surface area contributed by atoms with Crippen LogP contribution in [-0.4, -0.2) is 16.1 Å². The Hall–Kier alpha value is -1.66. The van der Waals surface area contributed by atoms with Crippen LogP contribution in [-0.2, 0) is 17.4 Å². The molecule has 1 aromatic rings. The molecule has 1 heterocycles. The van der Waals surface area contributed by atoms with Gasteiger partial charge in [-0.2, -0.15) is 13.2 Å². The lowest BCUT2D eigenvalue weighted by Gasteiger charge is -2.09. The largest absolute Gasteiger partial charge is 0.481 e. The molecule has 0 aliphatic carbocycles. The summed E-state index contributed by atoms with van der Waals surface area (Å²) in [7, 11) is 0. The lowest BCUT2D eigenvalue weighted by Crippen LogP contribution is -2.13. The normalized spacial score (nSPS) is 11.5. The summed E-state index contributed by atoms with van der Waals surface area (Å²) in [5.41, 5.74) is -2.23. The number of alkyl halides is 3. The first-order valence-electron chi connectivity index (χ1n) is 3.74. The average Bonchev–Trinajstić information content (AvgIpc) is 2.05. The van der Waals surface area contributed by atoms with E-state index in [2.05, 4.69) is 4.98 Å². The Morgan fingerprint density at radius 2 is 2.07 bits per heavy atom. The van der Waals surface area contributed by atoms with Crippen molar-refractivity contribution in [2.24, 2.45) is 0 Å². The third-order valence-corrected chi connectivity index (χ3v) is 1.59. The number of aromatic nitrogens is 1. The fourth-order valence-electron chi connectivity index (χ4n) is 0.972. The highest BCUT2D eigenvalue weighted by Gasteiger charge is 2.35. The predicted molar refractivity (Wildman–Crippen MR) is 40.5 cm³/mol. The van der Waals surface area contributed by atoms with E-state index in [1.165, 1.54) is 0 Å². The number of hydrogen-bond acceptors (Lipinski definition) is 2. The van der Waals surface area contributed by atoms with Crippen molar-refractivity contribution in [1.82, 2.24) is 4.98 Å². The number of carbonyl (C=O) groups is 1. The SMILES string of the molecule is O=C(O)Cc1nccc(C(F)(F)F)c1F. The molecule has 0 atom stereocenters. The first kappa shape index (κ1) is 11.4. The number of carboxylic acid groups (broad SMARTS) is 1. The van der Waals surface area contributed by atoms with Gasteiger partial charge in [-0.1, -0.05) is 0 Å². The van der Waals surface area contributed by atoms with Gasteiger partial charge in [-0.25, -0.2) is 4.39 Å². The maximum absolute atomic E-state index is 13.1. The van der Waals surface area contributed by atoms with Crippen molar-refractivity contribution in [3.8, 4) is 0 Å². The molecule has 0 unspecified atom stereocenters. The molecule has 1 rings (SSSR count). The van der Waals surface area contributed by atoms with Crippen LogP contribution in [0.25, 0.3) is 0 Å². The van der Waals surface area contributed by atoms with E-state index >= 15 is 0 Å². The van der Waals surface area contributed by atoms with Crippen LogP contribution < -0.4 is 0 Å². The molecule has 0 saturated heterocycles. The number of halogens is 4. The summed E-state index contributed by atoms with van der Waals surface area (Å²) in [4.78, 5) is 13.4. The molecular formula is C8H5F4NO2. The Morgan fingerprint density at radius 3 is 2.53 bits per heavy atom. The van der Waals surface area contributed by atoms with E-state index < -0.39 is 35.6 Å². The summed E-state index contributed by atoms with van der Waals surface area (Å²) in [5.74, 6) is -3.08. The van der Waals surface area contributed by atoms with Crippen molar-refractivity contribution in [2.75, 3.05) is 0 Å². The molecule has 0 aromatic carbocycles. The zero-order valence-corrected chi connectivity index (χ0v) is 7.18. The van der Waals surface area contributed by atoms with Gasteiger partial charge in [0, 0.05) is 6.20 Å². The van der Waals surface area contributed by atoms with E-state index in [9.17, 15) is 22.4 Å². The molecule has 82 valence electrons. The molecule has 0 spiro atoms. The van der Waals surface area contributed by atoms with Gasteiger partial charge in [-0.05, 0) is 6.07 Å². The molecule has 15 heavy (non-hydrogen) atoms. The van der Waals surface area contributed by atoms with Gasteiger partial charge in [-0.15, -0.1) is 0 Å². The molecule has 0 saturated carbocycles. The lowest BCUT2D eigenvalue weighted by atomic mass is 10.1. The van der Waals surface area contributed by atoms with Gasteiger partial charge in [0.2, 0.25) is 0 Å².